The van der Waals surface area contributed by atoms with Gasteiger partial charge in [-0.1, -0.05) is 97.0 Å². The second-order valence-corrected chi connectivity index (χ2v) is 10.5. The van der Waals surface area contributed by atoms with Crippen molar-refractivity contribution >= 4 is 11.9 Å². The van der Waals surface area contributed by atoms with Crippen molar-refractivity contribution in [3.8, 4) is 0 Å². The lowest BCUT2D eigenvalue weighted by atomic mass is 9.76. The Labute approximate surface area is 194 Å². The number of carboxylic acids is 1. The van der Waals surface area contributed by atoms with Gasteiger partial charge in [0.15, 0.2) is 0 Å². The number of hydrogen-bond donors (Lipinski definition) is 3. The van der Waals surface area contributed by atoms with Crippen molar-refractivity contribution in [3.63, 3.8) is 0 Å². The first kappa shape index (κ1) is 27.6. The van der Waals surface area contributed by atoms with Crippen LogP contribution in [0.4, 0.5) is 0 Å². The molecule has 32 heavy (non-hydrogen) atoms. The third kappa shape index (κ3) is 7.63. The van der Waals surface area contributed by atoms with Gasteiger partial charge in [-0.25, -0.2) is 4.79 Å². The molecule has 3 atom stereocenters. The van der Waals surface area contributed by atoms with Crippen molar-refractivity contribution < 1.29 is 14.7 Å². The van der Waals surface area contributed by atoms with Crippen molar-refractivity contribution in [1.29, 1.82) is 0 Å². The summed E-state index contributed by atoms with van der Waals surface area (Å²) < 4.78 is 0. The molecule has 5 heteroatoms. The largest absolute Gasteiger partial charge is 0.478 e. The molecule has 0 saturated heterocycles. The van der Waals surface area contributed by atoms with Crippen molar-refractivity contribution in [2.75, 3.05) is 7.05 Å². The van der Waals surface area contributed by atoms with E-state index in [4.69, 9.17) is 0 Å². The maximum Gasteiger partial charge on any atom is 0.330 e. The highest BCUT2D eigenvalue weighted by atomic mass is 16.4. The van der Waals surface area contributed by atoms with E-state index < -0.39 is 17.4 Å². The topological polar surface area (TPSA) is 78.4 Å². The molecule has 0 heterocycles. The molecule has 0 aliphatic carbocycles. The van der Waals surface area contributed by atoms with Crippen LogP contribution in [0.1, 0.15) is 61.0 Å². The smallest absolute Gasteiger partial charge is 0.330 e. The third-order valence-electron chi connectivity index (χ3n) is 6.10. The molecule has 5 nitrogen and oxygen atoms in total. The first-order valence-corrected chi connectivity index (χ1v) is 11.3. The molecule has 1 aromatic rings. The molecule has 0 fully saturated rings. The first-order valence-electron chi connectivity index (χ1n) is 11.3. The summed E-state index contributed by atoms with van der Waals surface area (Å²) in [6.45, 7) is 16.1. The van der Waals surface area contributed by atoms with E-state index in [1.54, 1.807) is 13.0 Å². The Kier molecular flexibility index (Phi) is 9.90. The molecule has 0 aliphatic rings. The normalized spacial score (nSPS) is 16.1. The number of carbonyl (C=O) groups excluding carboxylic acids is 1. The SMILES string of the molecule is CN[C@H](C(=O)NC(/C=C/[C@H](/C=C(\C)C(=O)O)C(C)C)C(C)(C)C)C(C)(C)c1ccccc1. The Balaban J connectivity index is 3.18. The molecular formula is C27H42N2O3. The summed E-state index contributed by atoms with van der Waals surface area (Å²) in [5.41, 5.74) is 0.790. The second-order valence-electron chi connectivity index (χ2n) is 10.5. The highest BCUT2D eigenvalue weighted by Crippen LogP contribution is 2.28. The van der Waals surface area contributed by atoms with E-state index in [9.17, 15) is 14.7 Å². The molecule has 0 radical (unpaired) electrons. The third-order valence-corrected chi connectivity index (χ3v) is 6.10. The Morgan fingerprint density at radius 2 is 1.56 bits per heavy atom. The van der Waals surface area contributed by atoms with Gasteiger partial charge in [0.25, 0.3) is 0 Å². The Hall–Kier alpha value is -2.40. The highest BCUT2D eigenvalue weighted by Gasteiger charge is 2.37. The molecule has 3 N–H and O–H groups in total. The van der Waals surface area contributed by atoms with E-state index >= 15 is 0 Å². The predicted octanol–water partition coefficient (Wildman–Crippen LogP) is 4.94. The van der Waals surface area contributed by atoms with E-state index in [0.29, 0.717) is 5.57 Å². The van der Waals surface area contributed by atoms with Gasteiger partial charge in [-0.2, -0.15) is 0 Å². The monoisotopic (exact) mass is 442 g/mol. The lowest BCUT2D eigenvalue weighted by Gasteiger charge is -2.37. The number of aliphatic carboxylic acids is 1. The maximum atomic E-state index is 13.4. The number of benzene rings is 1. The summed E-state index contributed by atoms with van der Waals surface area (Å²) in [7, 11) is 1.81. The van der Waals surface area contributed by atoms with Crippen LogP contribution in [0.2, 0.25) is 0 Å². The van der Waals surface area contributed by atoms with Gasteiger partial charge in [-0.05, 0) is 36.8 Å². The quantitative estimate of drug-likeness (QED) is 0.354. The average molecular weight is 443 g/mol. The fourth-order valence-electron chi connectivity index (χ4n) is 3.71. The molecule has 0 aromatic heterocycles. The van der Waals surface area contributed by atoms with E-state index in [0.717, 1.165) is 5.56 Å². The molecule has 1 unspecified atom stereocenters. The molecule has 1 amide bonds. The van der Waals surface area contributed by atoms with Gasteiger partial charge in [-0.3, -0.25) is 4.79 Å². The standard InChI is InChI=1S/C27H42N2O3/c1-18(2)20(17-19(3)25(31)32)15-16-22(26(4,5)6)29-24(30)23(28-9)27(7,8)21-13-11-10-12-14-21/h10-18,20,22-23,28H,1-9H3,(H,29,30)(H,31,32)/b16-15+,19-17+/t20-,22?,23-/m1/s1. The van der Waals surface area contributed by atoms with Crippen LogP contribution >= 0.6 is 0 Å². The molecule has 1 rings (SSSR count). The molecule has 178 valence electrons. The lowest BCUT2D eigenvalue weighted by molar-refractivity contribution is -0.132. The molecular weight excluding hydrogens is 400 g/mol. The van der Waals surface area contributed by atoms with Gasteiger partial charge in [0, 0.05) is 11.0 Å². The minimum absolute atomic E-state index is 0.0336. The Morgan fingerprint density at radius 3 is 2.00 bits per heavy atom. The summed E-state index contributed by atoms with van der Waals surface area (Å²) in [6.07, 6.45) is 5.81. The van der Waals surface area contributed by atoms with Crippen molar-refractivity contribution in [2.24, 2.45) is 17.3 Å². The van der Waals surface area contributed by atoms with Crippen LogP contribution in [0.25, 0.3) is 0 Å². The maximum absolute atomic E-state index is 13.4. The van der Waals surface area contributed by atoms with Crippen LogP contribution < -0.4 is 10.6 Å². The number of likely N-dealkylation sites (N-methyl/N-ethyl adjacent to an activating group) is 1. The van der Waals surface area contributed by atoms with Crippen LogP contribution in [0, 0.1) is 17.3 Å². The first-order chi connectivity index (χ1) is 14.7. The van der Waals surface area contributed by atoms with Gasteiger partial charge < -0.3 is 15.7 Å². The molecule has 0 spiro atoms. The van der Waals surface area contributed by atoms with Crippen LogP contribution in [-0.4, -0.2) is 36.1 Å². The number of carboxylic acid groups (broad SMARTS) is 1. The minimum atomic E-state index is -0.912. The number of hydrogen-bond acceptors (Lipinski definition) is 3. The van der Waals surface area contributed by atoms with Crippen LogP contribution in [0.5, 0.6) is 0 Å². The fourth-order valence-corrected chi connectivity index (χ4v) is 3.71. The second kappa shape index (κ2) is 11.5. The zero-order valence-electron chi connectivity index (χ0n) is 21.2. The minimum Gasteiger partial charge on any atom is -0.478 e. The number of rotatable bonds is 10. The van der Waals surface area contributed by atoms with Crippen LogP contribution in [0.3, 0.4) is 0 Å². The summed E-state index contributed by atoms with van der Waals surface area (Å²) in [5, 5.41) is 15.7. The zero-order valence-corrected chi connectivity index (χ0v) is 21.2. The van der Waals surface area contributed by atoms with Gasteiger partial charge in [0.2, 0.25) is 5.91 Å². The Morgan fingerprint density at radius 1 is 1.00 bits per heavy atom. The van der Waals surface area contributed by atoms with E-state index in [-0.39, 0.29) is 29.2 Å². The van der Waals surface area contributed by atoms with E-state index in [1.807, 2.05) is 49.5 Å². The Bertz CT molecular complexity index is 817. The van der Waals surface area contributed by atoms with Crippen molar-refractivity contribution in [1.82, 2.24) is 10.6 Å². The van der Waals surface area contributed by atoms with Gasteiger partial charge >= 0.3 is 5.97 Å². The lowest BCUT2D eigenvalue weighted by Crippen LogP contribution is -2.56. The van der Waals surface area contributed by atoms with Gasteiger partial charge in [0.05, 0.1) is 12.1 Å². The number of carbonyl (C=O) groups is 2. The summed E-state index contributed by atoms with van der Waals surface area (Å²) in [4.78, 5) is 24.7. The summed E-state index contributed by atoms with van der Waals surface area (Å²) in [5.74, 6) is -0.776. The van der Waals surface area contributed by atoms with Crippen molar-refractivity contribution in [3.05, 3.63) is 59.7 Å². The summed E-state index contributed by atoms with van der Waals surface area (Å²) >= 11 is 0. The van der Waals surface area contributed by atoms with E-state index in [1.165, 1.54) is 0 Å². The fraction of sp³-hybridized carbons (Fsp3) is 0.556. The zero-order chi connectivity index (χ0) is 24.7. The number of nitrogens with one attached hydrogen (secondary N) is 2. The van der Waals surface area contributed by atoms with E-state index in [2.05, 4.69) is 59.1 Å². The van der Waals surface area contributed by atoms with Crippen molar-refractivity contribution in [2.45, 2.75) is 72.9 Å². The van der Waals surface area contributed by atoms with Gasteiger partial charge in [0.1, 0.15) is 0 Å². The van der Waals surface area contributed by atoms with Crippen LogP contribution in [-0.2, 0) is 15.0 Å². The van der Waals surface area contributed by atoms with Gasteiger partial charge in [-0.15, -0.1) is 0 Å². The molecule has 1 aromatic carbocycles. The molecule has 0 saturated carbocycles. The highest BCUT2D eigenvalue weighted by molar-refractivity contribution is 5.86. The summed E-state index contributed by atoms with van der Waals surface area (Å²) in [6, 6.07) is 9.41. The van der Waals surface area contributed by atoms with Crippen LogP contribution in [0.15, 0.2) is 54.1 Å². The molecule has 0 bridgehead atoms. The molecule has 0 aliphatic heterocycles. The average Bonchev–Trinajstić information content (AvgIpc) is 2.69. The number of amides is 1. The predicted molar refractivity (Wildman–Crippen MR) is 133 cm³/mol. The number of allylic oxidation sites excluding steroid dienone is 2.